The maximum Gasteiger partial charge on any atom is 0.00412 e. The molecule has 2 unspecified atom stereocenters. The molecule has 1 N–H and O–H groups in total. The van der Waals surface area contributed by atoms with Crippen molar-refractivity contribution in [2.45, 2.75) is 110 Å². The van der Waals surface area contributed by atoms with Gasteiger partial charge in [0.15, 0.2) is 0 Å². The van der Waals surface area contributed by atoms with Crippen LogP contribution in [0.2, 0.25) is 0 Å². The standard InChI is InChI=1S/C17H37N/c1-5-7-9-11-13-15-17(4)18-16(3)14-12-10-8-6-2/h16-18H,5-15H2,1-4H3. The van der Waals surface area contributed by atoms with Gasteiger partial charge in [-0.05, 0) is 26.7 Å². The molecular weight excluding hydrogens is 218 g/mol. The average Bonchev–Trinajstić information content (AvgIpc) is 2.34. The van der Waals surface area contributed by atoms with Crippen LogP contribution in [-0.4, -0.2) is 12.1 Å². The van der Waals surface area contributed by atoms with E-state index in [-0.39, 0.29) is 0 Å². The third-order valence-electron chi connectivity index (χ3n) is 3.80. The summed E-state index contributed by atoms with van der Waals surface area (Å²) in [5, 5.41) is 3.75. The minimum Gasteiger partial charge on any atom is -0.312 e. The van der Waals surface area contributed by atoms with Crippen molar-refractivity contribution in [2.75, 3.05) is 0 Å². The van der Waals surface area contributed by atoms with Crippen molar-refractivity contribution < 1.29 is 0 Å². The Morgan fingerprint density at radius 2 is 1.00 bits per heavy atom. The fraction of sp³-hybridized carbons (Fsp3) is 1.00. The zero-order valence-corrected chi connectivity index (χ0v) is 13.4. The van der Waals surface area contributed by atoms with E-state index in [4.69, 9.17) is 0 Å². The maximum absolute atomic E-state index is 3.75. The summed E-state index contributed by atoms with van der Waals surface area (Å²) in [6, 6.07) is 1.40. The molecule has 18 heavy (non-hydrogen) atoms. The van der Waals surface area contributed by atoms with Gasteiger partial charge in [-0.2, -0.15) is 0 Å². The van der Waals surface area contributed by atoms with Gasteiger partial charge in [0.1, 0.15) is 0 Å². The highest BCUT2D eigenvalue weighted by molar-refractivity contribution is 4.67. The van der Waals surface area contributed by atoms with Crippen LogP contribution in [0, 0.1) is 0 Å². The smallest absolute Gasteiger partial charge is 0.00412 e. The monoisotopic (exact) mass is 255 g/mol. The highest BCUT2D eigenvalue weighted by Gasteiger charge is 2.06. The first-order chi connectivity index (χ1) is 8.70. The van der Waals surface area contributed by atoms with E-state index in [9.17, 15) is 0 Å². The first-order valence-electron chi connectivity index (χ1n) is 8.46. The van der Waals surface area contributed by atoms with Gasteiger partial charge in [-0.3, -0.25) is 0 Å². The number of rotatable bonds is 13. The van der Waals surface area contributed by atoms with Gasteiger partial charge in [-0.1, -0.05) is 71.6 Å². The van der Waals surface area contributed by atoms with Crippen LogP contribution in [0.1, 0.15) is 98.3 Å². The first kappa shape index (κ1) is 18.0. The van der Waals surface area contributed by atoms with Crippen molar-refractivity contribution in [3.05, 3.63) is 0 Å². The molecule has 1 nitrogen and oxygen atoms in total. The normalized spacial score (nSPS) is 14.7. The number of unbranched alkanes of at least 4 members (excludes halogenated alkanes) is 7. The van der Waals surface area contributed by atoms with Crippen molar-refractivity contribution in [1.82, 2.24) is 5.32 Å². The van der Waals surface area contributed by atoms with Crippen molar-refractivity contribution in [2.24, 2.45) is 0 Å². The Morgan fingerprint density at radius 1 is 0.611 bits per heavy atom. The average molecular weight is 255 g/mol. The molecule has 0 aliphatic carbocycles. The Balaban J connectivity index is 3.34. The fourth-order valence-electron chi connectivity index (χ4n) is 2.58. The van der Waals surface area contributed by atoms with Crippen molar-refractivity contribution in [3.8, 4) is 0 Å². The molecule has 0 saturated heterocycles. The minimum atomic E-state index is 0.701. The predicted octanol–water partition coefficient (Wildman–Crippen LogP) is 5.68. The highest BCUT2D eigenvalue weighted by atomic mass is 14.9. The zero-order valence-electron chi connectivity index (χ0n) is 13.4. The zero-order chi connectivity index (χ0) is 13.6. The lowest BCUT2D eigenvalue weighted by molar-refractivity contribution is 0.404. The molecule has 0 heterocycles. The number of hydrogen-bond donors (Lipinski definition) is 1. The molecule has 0 amide bonds. The topological polar surface area (TPSA) is 12.0 Å². The Bertz CT molecular complexity index is 156. The molecule has 1 heteroatoms. The summed E-state index contributed by atoms with van der Waals surface area (Å²) in [5.74, 6) is 0. The van der Waals surface area contributed by atoms with Crippen LogP contribution in [-0.2, 0) is 0 Å². The van der Waals surface area contributed by atoms with Gasteiger partial charge in [0.2, 0.25) is 0 Å². The van der Waals surface area contributed by atoms with E-state index < -0.39 is 0 Å². The van der Waals surface area contributed by atoms with Crippen molar-refractivity contribution in [3.63, 3.8) is 0 Å². The molecule has 2 atom stereocenters. The van der Waals surface area contributed by atoms with Crippen LogP contribution < -0.4 is 5.32 Å². The molecular formula is C17H37N. The van der Waals surface area contributed by atoms with Crippen LogP contribution >= 0.6 is 0 Å². The molecule has 0 aromatic carbocycles. The van der Waals surface area contributed by atoms with Gasteiger partial charge >= 0.3 is 0 Å². The van der Waals surface area contributed by atoms with Gasteiger partial charge in [-0.15, -0.1) is 0 Å². The predicted molar refractivity (Wildman–Crippen MR) is 84.2 cm³/mol. The Morgan fingerprint density at radius 3 is 1.44 bits per heavy atom. The second-order valence-corrected chi connectivity index (χ2v) is 6.02. The van der Waals surface area contributed by atoms with Crippen LogP contribution in [0.5, 0.6) is 0 Å². The van der Waals surface area contributed by atoms with E-state index in [2.05, 4.69) is 33.0 Å². The third-order valence-corrected chi connectivity index (χ3v) is 3.80. The van der Waals surface area contributed by atoms with Crippen LogP contribution in [0.3, 0.4) is 0 Å². The van der Waals surface area contributed by atoms with Gasteiger partial charge in [0.05, 0.1) is 0 Å². The lowest BCUT2D eigenvalue weighted by Crippen LogP contribution is -2.34. The summed E-state index contributed by atoms with van der Waals surface area (Å²) in [6.45, 7) is 9.26. The van der Waals surface area contributed by atoms with E-state index in [0.29, 0.717) is 12.1 Å². The molecule has 110 valence electrons. The molecule has 0 saturated carbocycles. The van der Waals surface area contributed by atoms with E-state index in [0.717, 1.165) is 0 Å². The molecule has 0 rings (SSSR count). The maximum atomic E-state index is 3.75. The molecule has 0 bridgehead atoms. The molecule has 0 aromatic rings. The van der Waals surface area contributed by atoms with E-state index in [1.807, 2.05) is 0 Å². The molecule has 0 fully saturated rings. The highest BCUT2D eigenvalue weighted by Crippen LogP contribution is 2.09. The Kier molecular flexibility index (Phi) is 13.4. The molecule has 0 aliphatic rings. The van der Waals surface area contributed by atoms with Gasteiger partial charge in [0.25, 0.3) is 0 Å². The quantitative estimate of drug-likeness (QED) is 0.417. The number of hydrogen-bond acceptors (Lipinski definition) is 1. The van der Waals surface area contributed by atoms with Crippen LogP contribution in [0.4, 0.5) is 0 Å². The lowest BCUT2D eigenvalue weighted by atomic mass is 10.0. The Hall–Kier alpha value is -0.0400. The second-order valence-electron chi connectivity index (χ2n) is 6.02. The summed E-state index contributed by atoms with van der Waals surface area (Å²) in [7, 11) is 0. The second kappa shape index (κ2) is 13.4. The van der Waals surface area contributed by atoms with Gasteiger partial charge in [0, 0.05) is 12.1 Å². The lowest BCUT2D eigenvalue weighted by Gasteiger charge is -2.20. The van der Waals surface area contributed by atoms with Crippen molar-refractivity contribution >= 4 is 0 Å². The van der Waals surface area contributed by atoms with Gasteiger partial charge < -0.3 is 5.32 Å². The van der Waals surface area contributed by atoms with Crippen LogP contribution in [0.25, 0.3) is 0 Å². The van der Waals surface area contributed by atoms with Crippen molar-refractivity contribution in [1.29, 1.82) is 0 Å². The summed E-state index contributed by atoms with van der Waals surface area (Å²) < 4.78 is 0. The van der Waals surface area contributed by atoms with Crippen LogP contribution in [0.15, 0.2) is 0 Å². The molecule has 0 spiro atoms. The Labute approximate surface area is 116 Å². The molecule has 0 aliphatic heterocycles. The van der Waals surface area contributed by atoms with E-state index >= 15 is 0 Å². The number of nitrogens with one attached hydrogen (secondary N) is 1. The summed E-state index contributed by atoms with van der Waals surface area (Å²) >= 11 is 0. The summed E-state index contributed by atoms with van der Waals surface area (Å²) in [6.07, 6.45) is 15.3. The van der Waals surface area contributed by atoms with E-state index in [1.165, 1.54) is 70.6 Å². The van der Waals surface area contributed by atoms with Gasteiger partial charge in [-0.25, -0.2) is 0 Å². The molecule has 0 aromatic heterocycles. The van der Waals surface area contributed by atoms with E-state index in [1.54, 1.807) is 0 Å². The first-order valence-corrected chi connectivity index (χ1v) is 8.46. The fourth-order valence-corrected chi connectivity index (χ4v) is 2.58. The SMILES string of the molecule is CCCCCCCC(C)NC(C)CCCCCC. The summed E-state index contributed by atoms with van der Waals surface area (Å²) in [5.41, 5.74) is 0. The third kappa shape index (κ3) is 12.4. The molecule has 0 radical (unpaired) electrons. The minimum absolute atomic E-state index is 0.701. The largest absolute Gasteiger partial charge is 0.312 e. The summed E-state index contributed by atoms with van der Waals surface area (Å²) in [4.78, 5) is 0.